The summed E-state index contributed by atoms with van der Waals surface area (Å²) in [5, 5.41) is 8.76. The van der Waals surface area contributed by atoms with Gasteiger partial charge in [0.25, 0.3) is 0 Å². The number of likely N-dealkylation sites (tertiary alicyclic amines) is 1. The Labute approximate surface area is 223 Å². The van der Waals surface area contributed by atoms with Crippen molar-refractivity contribution in [3.8, 4) is 11.3 Å². The SMILES string of the molecule is O=C(C1Cc2ccccc2C1)N1CCCC(CNc2cc(-c3ccccc3Cl)nc3c(Br)cnn23)C1. The Hall–Kier alpha value is -2.90. The number of halogens is 2. The molecule has 0 radical (unpaired) electrons. The van der Waals surface area contributed by atoms with Crippen LogP contribution in [0.1, 0.15) is 24.0 Å². The third kappa shape index (κ3) is 4.50. The molecule has 3 heterocycles. The number of hydrogen-bond donors (Lipinski definition) is 1. The minimum atomic E-state index is 0.0773. The fraction of sp³-hybridized carbons (Fsp3) is 0.321. The summed E-state index contributed by atoms with van der Waals surface area (Å²) >= 11 is 10.0. The van der Waals surface area contributed by atoms with Crippen LogP contribution in [0.2, 0.25) is 5.02 Å². The lowest BCUT2D eigenvalue weighted by Gasteiger charge is -2.34. The van der Waals surface area contributed by atoms with Gasteiger partial charge in [0.1, 0.15) is 5.82 Å². The maximum atomic E-state index is 13.4. The highest BCUT2D eigenvalue weighted by atomic mass is 79.9. The average molecular weight is 565 g/mol. The molecule has 1 atom stereocenters. The van der Waals surface area contributed by atoms with E-state index in [4.69, 9.17) is 16.6 Å². The molecule has 1 saturated heterocycles. The number of carbonyl (C=O) groups excluding carboxylic acids is 1. The first-order chi connectivity index (χ1) is 17.6. The first-order valence-electron chi connectivity index (χ1n) is 12.5. The van der Waals surface area contributed by atoms with Crippen molar-refractivity contribution in [1.82, 2.24) is 19.5 Å². The molecule has 0 bridgehead atoms. The number of rotatable bonds is 5. The molecule has 6 rings (SSSR count). The van der Waals surface area contributed by atoms with Gasteiger partial charge in [-0.3, -0.25) is 4.79 Å². The Bertz CT molecular complexity index is 1410. The summed E-state index contributed by atoms with van der Waals surface area (Å²) in [4.78, 5) is 20.3. The number of aromatic nitrogens is 3. The zero-order valence-electron chi connectivity index (χ0n) is 19.8. The van der Waals surface area contributed by atoms with E-state index in [1.54, 1.807) is 6.20 Å². The van der Waals surface area contributed by atoms with Crippen molar-refractivity contribution in [2.75, 3.05) is 25.0 Å². The van der Waals surface area contributed by atoms with Gasteiger partial charge in [-0.2, -0.15) is 9.61 Å². The first kappa shape index (κ1) is 23.5. The molecule has 1 unspecified atom stereocenters. The van der Waals surface area contributed by atoms with E-state index in [-0.39, 0.29) is 5.92 Å². The topological polar surface area (TPSA) is 62.5 Å². The summed E-state index contributed by atoms with van der Waals surface area (Å²) in [6.07, 6.45) is 5.60. The van der Waals surface area contributed by atoms with Gasteiger partial charge in [0.2, 0.25) is 5.91 Å². The predicted octanol–water partition coefficient (Wildman–Crippen LogP) is 5.88. The third-order valence-electron chi connectivity index (χ3n) is 7.38. The van der Waals surface area contributed by atoms with Gasteiger partial charge in [-0.15, -0.1) is 0 Å². The molecule has 1 N–H and O–H groups in total. The molecule has 36 heavy (non-hydrogen) atoms. The molecular weight excluding hydrogens is 538 g/mol. The molecule has 1 aliphatic heterocycles. The second-order valence-electron chi connectivity index (χ2n) is 9.78. The quantitative estimate of drug-likeness (QED) is 0.329. The zero-order valence-corrected chi connectivity index (χ0v) is 22.2. The number of hydrogen-bond acceptors (Lipinski definition) is 4. The summed E-state index contributed by atoms with van der Waals surface area (Å²) in [7, 11) is 0. The fourth-order valence-electron chi connectivity index (χ4n) is 5.54. The standard InChI is InChI=1S/C28H27BrClN5O/c29-23-16-32-35-26(14-25(33-27(23)35)22-9-3-4-10-24(22)30)31-15-18-6-5-11-34(17-18)28(36)21-12-19-7-1-2-8-20(19)13-21/h1-4,7-10,14,16,18,21,31H,5-6,11-13,15,17H2. The van der Waals surface area contributed by atoms with Gasteiger partial charge in [0, 0.05) is 42.2 Å². The minimum Gasteiger partial charge on any atom is -0.370 e. The molecule has 4 aromatic rings. The second-order valence-corrected chi connectivity index (χ2v) is 11.0. The third-order valence-corrected chi connectivity index (χ3v) is 8.27. The van der Waals surface area contributed by atoms with Gasteiger partial charge in [-0.05, 0) is 64.7 Å². The molecule has 2 aliphatic rings. The van der Waals surface area contributed by atoms with E-state index in [0.717, 1.165) is 72.5 Å². The van der Waals surface area contributed by atoms with Crippen LogP contribution in [0.15, 0.2) is 65.3 Å². The zero-order chi connectivity index (χ0) is 24.6. The number of amides is 1. The van der Waals surface area contributed by atoms with Gasteiger partial charge in [0.15, 0.2) is 5.65 Å². The maximum Gasteiger partial charge on any atom is 0.226 e. The summed E-state index contributed by atoms with van der Waals surface area (Å²) in [5.74, 6) is 1.61. The van der Waals surface area contributed by atoms with Crippen LogP contribution >= 0.6 is 27.5 Å². The number of fused-ring (bicyclic) bond motifs is 2. The van der Waals surface area contributed by atoms with Gasteiger partial charge in [0.05, 0.1) is 16.4 Å². The average Bonchev–Trinajstić information content (AvgIpc) is 3.51. The van der Waals surface area contributed by atoms with E-state index in [9.17, 15) is 4.79 Å². The first-order valence-corrected chi connectivity index (χ1v) is 13.6. The lowest BCUT2D eigenvalue weighted by Crippen LogP contribution is -2.44. The van der Waals surface area contributed by atoms with Gasteiger partial charge in [-0.25, -0.2) is 4.98 Å². The molecule has 1 fully saturated rings. The van der Waals surface area contributed by atoms with Crippen LogP contribution < -0.4 is 5.32 Å². The maximum absolute atomic E-state index is 13.4. The molecule has 8 heteroatoms. The van der Waals surface area contributed by atoms with E-state index in [1.165, 1.54) is 11.1 Å². The molecule has 0 spiro atoms. The van der Waals surface area contributed by atoms with Crippen LogP contribution in [-0.2, 0) is 17.6 Å². The van der Waals surface area contributed by atoms with Crippen molar-refractivity contribution < 1.29 is 4.79 Å². The fourth-order valence-corrected chi connectivity index (χ4v) is 6.12. The lowest BCUT2D eigenvalue weighted by atomic mass is 9.95. The molecule has 2 aromatic carbocycles. The molecule has 184 valence electrons. The van der Waals surface area contributed by atoms with Crippen LogP contribution in [0, 0.1) is 11.8 Å². The minimum absolute atomic E-state index is 0.0773. The number of nitrogens with zero attached hydrogens (tertiary/aromatic N) is 4. The predicted molar refractivity (Wildman–Crippen MR) is 146 cm³/mol. The lowest BCUT2D eigenvalue weighted by molar-refractivity contribution is -0.137. The van der Waals surface area contributed by atoms with Gasteiger partial charge >= 0.3 is 0 Å². The van der Waals surface area contributed by atoms with E-state index in [0.29, 0.717) is 16.8 Å². The Morgan fingerprint density at radius 1 is 1.11 bits per heavy atom. The van der Waals surface area contributed by atoms with Crippen molar-refractivity contribution in [2.24, 2.45) is 11.8 Å². The highest BCUT2D eigenvalue weighted by Gasteiger charge is 2.33. The molecule has 1 aliphatic carbocycles. The number of anilines is 1. The molecule has 0 saturated carbocycles. The van der Waals surface area contributed by atoms with Crippen LogP contribution in [0.25, 0.3) is 16.9 Å². The van der Waals surface area contributed by atoms with E-state index >= 15 is 0 Å². The van der Waals surface area contributed by atoms with E-state index < -0.39 is 0 Å². The number of piperidine rings is 1. The van der Waals surface area contributed by atoms with Gasteiger partial charge in [-0.1, -0.05) is 54.1 Å². The van der Waals surface area contributed by atoms with Crippen molar-refractivity contribution in [3.63, 3.8) is 0 Å². The molecular formula is C28H27BrClN5O. The van der Waals surface area contributed by atoms with Crippen LogP contribution in [0.5, 0.6) is 0 Å². The largest absolute Gasteiger partial charge is 0.370 e. The molecule has 2 aromatic heterocycles. The van der Waals surface area contributed by atoms with Gasteiger partial charge < -0.3 is 10.2 Å². The van der Waals surface area contributed by atoms with Crippen molar-refractivity contribution in [2.45, 2.75) is 25.7 Å². The Morgan fingerprint density at radius 3 is 2.64 bits per heavy atom. The van der Waals surface area contributed by atoms with E-state index in [1.807, 2.05) is 34.8 Å². The van der Waals surface area contributed by atoms with E-state index in [2.05, 4.69) is 55.5 Å². The van der Waals surface area contributed by atoms with Crippen molar-refractivity contribution in [1.29, 1.82) is 0 Å². The Morgan fingerprint density at radius 2 is 1.86 bits per heavy atom. The van der Waals surface area contributed by atoms with Crippen molar-refractivity contribution in [3.05, 3.63) is 81.4 Å². The van der Waals surface area contributed by atoms with Crippen LogP contribution in [0.4, 0.5) is 5.82 Å². The number of benzene rings is 2. The summed E-state index contributed by atoms with van der Waals surface area (Å²) in [5.41, 5.74) is 5.05. The Kier molecular flexibility index (Phi) is 6.44. The smallest absolute Gasteiger partial charge is 0.226 e. The normalized spacial score (nSPS) is 17.9. The highest BCUT2D eigenvalue weighted by molar-refractivity contribution is 9.10. The highest BCUT2D eigenvalue weighted by Crippen LogP contribution is 2.32. The summed E-state index contributed by atoms with van der Waals surface area (Å²) < 4.78 is 2.64. The summed E-state index contributed by atoms with van der Waals surface area (Å²) in [6.45, 7) is 2.39. The van der Waals surface area contributed by atoms with Crippen LogP contribution in [-0.4, -0.2) is 45.0 Å². The monoisotopic (exact) mass is 563 g/mol. The molecule has 1 amide bonds. The summed E-state index contributed by atoms with van der Waals surface area (Å²) in [6, 6.07) is 18.2. The number of nitrogens with one attached hydrogen (secondary N) is 1. The number of carbonyl (C=O) groups is 1. The van der Waals surface area contributed by atoms with Crippen molar-refractivity contribution >= 4 is 44.9 Å². The second kappa shape index (κ2) is 9.87. The Balaban J connectivity index is 1.17. The van der Waals surface area contributed by atoms with Crippen LogP contribution in [0.3, 0.4) is 0 Å². The molecule has 6 nitrogen and oxygen atoms in total.